The summed E-state index contributed by atoms with van der Waals surface area (Å²) in [5, 5.41) is 2.05. The number of hydrogen-bond acceptors (Lipinski definition) is 3. The third-order valence-electron chi connectivity index (χ3n) is 2.49. The molecule has 0 atom stereocenters. The molecule has 0 radical (unpaired) electrons. The summed E-state index contributed by atoms with van der Waals surface area (Å²) in [6.07, 6.45) is 0.848. The average molecular weight is 391 g/mol. The molecular weight excluding hydrogens is 378 g/mol. The fourth-order valence-corrected chi connectivity index (χ4v) is 3.39. The van der Waals surface area contributed by atoms with Gasteiger partial charge in [0.05, 0.1) is 4.88 Å². The molecule has 1 heterocycles. The van der Waals surface area contributed by atoms with Crippen LogP contribution in [-0.4, -0.2) is 6.54 Å². The molecule has 5 heteroatoms. The first-order valence-corrected chi connectivity index (χ1v) is 8.00. The topological polar surface area (TPSA) is 35.2 Å². The Balaban J connectivity index is 2.05. The number of rotatable bonds is 5. The third-order valence-corrected chi connectivity index (χ3v) is 5.17. The molecule has 0 unspecified atom stereocenters. The van der Waals surface area contributed by atoms with Crippen molar-refractivity contribution < 1.29 is 4.74 Å². The predicted octanol–water partition coefficient (Wildman–Crippen LogP) is 4.35. The quantitative estimate of drug-likeness (QED) is 0.823. The molecule has 0 spiro atoms. The normalized spacial score (nSPS) is 10.6. The minimum Gasteiger partial charge on any atom is -0.488 e. The van der Waals surface area contributed by atoms with Gasteiger partial charge in [-0.25, -0.2) is 0 Å². The zero-order valence-electron chi connectivity index (χ0n) is 9.66. The van der Waals surface area contributed by atoms with Crippen molar-refractivity contribution in [1.82, 2.24) is 0 Å². The van der Waals surface area contributed by atoms with E-state index in [9.17, 15) is 0 Å². The Morgan fingerprint density at radius 1 is 1.17 bits per heavy atom. The Labute approximate surface area is 127 Å². The molecule has 18 heavy (non-hydrogen) atoms. The maximum Gasteiger partial charge on any atom is 0.124 e. The average Bonchev–Trinajstić information content (AvgIpc) is 2.76. The van der Waals surface area contributed by atoms with E-state index in [1.165, 1.54) is 10.4 Å². The van der Waals surface area contributed by atoms with Gasteiger partial charge in [0, 0.05) is 8.95 Å². The van der Waals surface area contributed by atoms with Crippen molar-refractivity contribution in [2.75, 3.05) is 6.54 Å². The molecule has 1 aromatic heterocycles. The molecule has 0 aliphatic rings. The van der Waals surface area contributed by atoms with Crippen molar-refractivity contribution in [2.45, 2.75) is 13.0 Å². The van der Waals surface area contributed by atoms with Gasteiger partial charge in [0.25, 0.3) is 0 Å². The molecule has 0 saturated carbocycles. The number of hydrogen-bond donors (Lipinski definition) is 1. The lowest BCUT2D eigenvalue weighted by molar-refractivity contribution is 0.309. The first-order valence-electron chi connectivity index (χ1n) is 5.54. The van der Waals surface area contributed by atoms with Crippen molar-refractivity contribution in [1.29, 1.82) is 0 Å². The van der Waals surface area contributed by atoms with E-state index >= 15 is 0 Å². The first kappa shape index (κ1) is 14.1. The van der Waals surface area contributed by atoms with E-state index in [1.807, 2.05) is 29.6 Å². The summed E-state index contributed by atoms with van der Waals surface area (Å²) >= 11 is 8.70. The Kier molecular flexibility index (Phi) is 5.24. The van der Waals surface area contributed by atoms with Gasteiger partial charge in [-0.3, -0.25) is 0 Å². The highest BCUT2D eigenvalue weighted by atomic mass is 79.9. The van der Waals surface area contributed by atoms with Crippen LogP contribution in [0.3, 0.4) is 0 Å². The van der Waals surface area contributed by atoms with E-state index in [-0.39, 0.29) is 0 Å². The fourth-order valence-electron chi connectivity index (χ4n) is 1.56. The molecule has 0 aliphatic heterocycles. The van der Waals surface area contributed by atoms with Gasteiger partial charge < -0.3 is 10.5 Å². The summed E-state index contributed by atoms with van der Waals surface area (Å²) in [6, 6.07) is 8.04. The molecule has 2 rings (SSSR count). The smallest absolute Gasteiger partial charge is 0.124 e. The Hall–Kier alpha value is -0.360. The Morgan fingerprint density at radius 2 is 2.00 bits per heavy atom. The van der Waals surface area contributed by atoms with Crippen LogP contribution in [0.1, 0.15) is 10.4 Å². The number of halogens is 2. The SMILES string of the molecule is NCCc1cc(OCc2sccc2Br)ccc1Br. The van der Waals surface area contributed by atoms with E-state index in [1.54, 1.807) is 11.3 Å². The van der Waals surface area contributed by atoms with Gasteiger partial charge >= 0.3 is 0 Å². The van der Waals surface area contributed by atoms with Gasteiger partial charge in [0.15, 0.2) is 0 Å². The second-order valence-electron chi connectivity index (χ2n) is 3.77. The van der Waals surface area contributed by atoms with E-state index in [4.69, 9.17) is 10.5 Å². The minimum absolute atomic E-state index is 0.585. The van der Waals surface area contributed by atoms with Crippen LogP contribution in [-0.2, 0) is 13.0 Å². The van der Waals surface area contributed by atoms with Crippen molar-refractivity contribution in [3.05, 3.63) is 49.0 Å². The zero-order valence-corrected chi connectivity index (χ0v) is 13.6. The first-order chi connectivity index (χ1) is 8.70. The minimum atomic E-state index is 0.585. The van der Waals surface area contributed by atoms with E-state index in [0.29, 0.717) is 13.2 Å². The van der Waals surface area contributed by atoms with E-state index in [2.05, 4.69) is 31.9 Å². The summed E-state index contributed by atoms with van der Waals surface area (Å²) in [5.41, 5.74) is 6.77. The lowest BCUT2D eigenvalue weighted by atomic mass is 10.1. The van der Waals surface area contributed by atoms with Crippen LogP contribution < -0.4 is 10.5 Å². The van der Waals surface area contributed by atoms with Gasteiger partial charge in [0.1, 0.15) is 12.4 Å². The van der Waals surface area contributed by atoms with Crippen LogP contribution in [0.4, 0.5) is 0 Å². The largest absolute Gasteiger partial charge is 0.488 e. The summed E-state index contributed by atoms with van der Waals surface area (Å²) in [7, 11) is 0. The number of thiophene rings is 1. The van der Waals surface area contributed by atoms with Crippen molar-refractivity contribution in [3.8, 4) is 5.75 Å². The highest BCUT2D eigenvalue weighted by molar-refractivity contribution is 9.10. The van der Waals surface area contributed by atoms with Crippen LogP contribution in [0.15, 0.2) is 38.6 Å². The number of ether oxygens (including phenoxy) is 1. The van der Waals surface area contributed by atoms with E-state index < -0.39 is 0 Å². The van der Waals surface area contributed by atoms with Gasteiger partial charge in [-0.05, 0) is 64.1 Å². The summed E-state index contributed by atoms with van der Waals surface area (Å²) < 4.78 is 7.98. The highest BCUT2D eigenvalue weighted by Gasteiger charge is 2.05. The lowest BCUT2D eigenvalue weighted by Crippen LogP contribution is -2.03. The highest BCUT2D eigenvalue weighted by Crippen LogP contribution is 2.26. The maximum absolute atomic E-state index is 5.79. The Bertz CT molecular complexity index is 527. The molecule has 1 aromatic carbocycles. The number of nitrogens with two attached hydrogens (primary N) is 1. The molecule has 0 saturated heterocycles. The summed E-state index contributed by atoms with van der Waals surface area (Å²) in [6.45, 7) is 1.22. The maximum atomic E-state index is 5.79. The van der Waals surface area contributed by atoms with Crippen molar-refractivity contribution >= 4 is 43.2 Å². The molecule has 0 amide bonds. The third kappa shape index (κ3) is 3.57. The van der Waals surface area contributed by atoms with Gasteiger partial charge in [-0.15, -0.1) is 11.3 Å². The van der Waals surface area contributed by atoms with Crippen LogP contribution in [0.2, 0.25) is 0 Å². The molecule has 0 bridgehead atoms. The number of benzene rings is 1. The molecule has 2 aromatic rings. The second-order valence-corrected chi connectivity index (χ2v) is 6.48. The van der Waals surface area contributed by atoms with Crippen LogP contribution in [0, 0.1) is 0 Å². The Morgan fingerprint density at radius 3 is 2.67 bits per heavy atom. The van der Waals surface area contributed by atoms with Gasteiger partial charge in [-0.2, -0.15) is 0 Å². The lowest BCUT2D eigenvalue weighted by Gasteiger charge is -2.09. The molecule has 0 fully saturated rings. The summed E-state index contributed by atoms with van der Waals surface area (Å²) in [5.74, 6) is 0.877. The van der Waals surface area contributed by atoms with Crippen molar-refractivity contribution in [2.24, 2.45) is 5.73 Å². The van der Waals surface area contributed by atoms with Crippen LogP contribution >= 0.6 is 43.2 Å². The monoisotopic (exact) mass is 389 g/mol. The molecular formula is C13H13Br2NOS. The molecule has 96 valence electrons. The van der Waals surface area contributed by atoms with E-state index in [0.717, 1.165) is 21.1 Å². The van der Waals surface area contributed by atoms with Gasteiger partial charge in [0.2, 0.25) is 0 Å². The second kappa shape index (κ2) is 6.70. The zero-order chi connectivity index (χ0) is 13.0. The van der Waals surface area contributed by atoms with Crippen molar-refractivity contribution in [3.63, 3.8) is 0 Å². The predicted molar refractivity (Wildman–Crippen MR) is 83.3 cm³/mol. The van der Waals surface area contributed by atoms with Crippen LogP contribution in [0.25, 0.3) is 0 Å². The standard InChI is InChI=1S/C13H13Br2NOS/c14-11-2-1-10(7-9(11)3-5-16)17-8-13-12(15)4-6-18-13/h1-2,4,6-7H,3,5,8,16H2. The fraction of sp³-hybridized carbons (Fsp3) is 0.231. The molecule has 0 aliphatic carbocycles. The molecule has 2 nitrogen and oxygen atoms in total. The summed E-state index contributed by atoms with van der Waals surface area (Å²) in [4.78, 5) is 1.19. The molecule has 2 N–H and O–H groups in total. The van der Waals surface area contributed by atoms with Gasteiger partial charge in [-0.1, -0.05) is 15.9 Å². The van der Waals surface area contributed by atoms with Crippen LogP contribution in [0.5, 0.6) is 5.75 Å².